The van der Waals surface area contributed by atoms with Crippen molar-refractivity contribution in [3.8, 4) is 6.07 Å². The highest BCUT2D eigenvalue weighted by Gasteiger charge is 2.24. The van der Waals surface area contributed by atoms with Crippen LogP contribution in [-0.4, -0.2) is 10.8 Å². The maximum Gasteiger partial charge on any atom is 0.196 e. The first-order valence-electron chi connectivity index (χ1n) is 4.62. The minimum absolute atomic E-state index is 0.157. The van der Waals surface area contributed by atoms with Gasteiger partial charge in [-0.2, -0.15) is 5.26 Å². The molecule has 2 aromatic rings. The number of nitrogens with zero attached hydrogens (tertiary/aromatic N) is 2. The van der Waals surface area contributed by atoms with E-state index in [4.69, 9.17) is 5.26 Å². The second kappa shape index (κ2) is 4.56. The lowest BCUT2D eigenvalue weighted by Crippen LogP contribution is -2.08. The van der Waals surface area contributed by atoms with E-state index in [0.29, 0.717) is 4.88 Å². The Morgan fingerprint density at radius 1 is 1.62 bits per heavy atom. The topological polar surface area (TPSA) is 53.8 Å². The van der Waals surface area contributed by atoms with Crippen molar-refractivity contribution in [2.75, 3.05) is 0 Å². The van der Waals surface area contributed by atoms with Gasteiger partial charge in [-0.05, 0) is 18.4 Å². The van der Waals surface area contributed by atoms with Gasteiger partial charge in [-0.3, -0.25) is 4.79 Å². The van der Waals surface area contributed by atoms with Crippen molar-refractivity contribution in [1.29, 1.82) is 5.26 Å². The molecule has 0 aromatic carbocycles. The van der Waals surface area contributed by atoms with Crippen LogP contribution in [0, 0.1) is 18.3 Å². The van der Waals surface area contributed by atoms with Gasteiger partial charge >= 0.3 is 0 Å². The van der Waals surface area contributed by atoms with Crippen LogP contribution >= 0.6 is 22.7 Å². The standard InChI is InChI=1S/C11H8N2OS2/c1-7-13-6-10(16-7)11(14)8(5-12)9-3-2-4-15-9/h2-4,6,8H,1H3. The predicted molar refractivity (Wildman–Crippen MR) is 63.9 cm³/mol. The van der Waals surface area contributed by atoms with Crippen molar-refractivity contribution in [2.24, 2.45) is 0 Å². The van der Waals surface area contributed by atoms with Crippen LogP contribution in [0.25, 0.3) is 0 Å². The van der Waals surface area contributed by atoms with Crippen molar-refractivity contribution in [3.63, 3.8) is 0 Å². The highest BCUT2D eigenvalue weighted by Crippen LogP contribution is 2.26. The number of ketones is 1. The Labute approximate surface area is 101 Å². The normalized spacial score (nSPS) is 12.0. The zero-order valence-electron chi connectivity index (χ0n) is 8.51. The fourth-order valence-electron chi connectivity index (χ4n) is 1.32. The van der Waals surface area contributed by atoms with Gasteiger partial charge in [-0.1, -0.05) is 6.07 Å². The second-order valence-electron chi connectivity index (χ2n) is 3.19. The lowest BCUT2D eigenvalue weighted by Gasteiger charge is -2.02. The van der Waals surface area contributed by atoms with E-state index in [9.17, 15) is 4.79 Å². The third-order valence-electron chi connectivity index (χ3n) is 2.08. The third kappa shape index (κ3) is 2.03. The summed E-state index contributed by atoms with van der Waals surface area (Å²) < 4.78 is 0. The Bertz CT molecular complexity index is 537. The first kappa shape index (κ1) is 11.0. The molecule has 0 amide bonds. The second-order valence-corrected chi connectivity index (χ2v) is 5.40. The average Bonchev–Trinajstić information content (AvgIpc) is 2.90. The molecule has 0 aliphatic heterocycles. The molecule has 0 aliphatic rings. The highest BCUT2D eigenvalue weighted by molar-refractivity contribution is 7.14. The van der Waals surface area contributed by atoms with Crippen LogP contribution in [-0.2, 0) is 0 Å². The molecule has 0 fully saturated rings. The zero-order valence-corrected chi connectivity index (χ0v) is 10.1. The van der Waals surface area contributed by atoms with Crippen LogP contribution < -0.4 is 0 Å². The zero-order chi connectivity index (χ0) is 11.5. The van der Waals surface area contributed by atoms with E-state index >= 15 is 0 Å². The SMILES string of the molecule is Cc1ncc(C(=O)C(C#N)c2cccs2)s1. The number of carbonyl (C=O) groups is 1. The average molecular weight is 248 g/mol. The molecule has 0 spiro atoms. The minimum atomic E-state index is -0.695. The van der Waals surface area contributed by atoms with Crippen LogP contribution in [0.15, 0.2) is 23.7 Å². The van der Waals surface area contributed by atoms with E-state index in [1.54, 1.807) is 6.20 Å². The molecule has 2 aromatic heterocycles. The van der Waals surface area contributed by atoms with Gasteiger partial charge in [0.05, 0.1) is 16.0 Å². The van der Waals surface area contributed by atoms with Gasteiger partial charge in [0.1, 0.15) is 5.92 Å². The lowest BCUT2D eigenvalue weighted by atomic mass is 10.0. The van der Waals surface area contributed by atoms with Gasteiger partial charge in [0, 0.05) is 11.1 Å². The summed E-state index contributed by atoms with van der Waals surface area (Å²) in [5.41, 5.74) is 0. The van der Waals surface area contributed by atoms with Crippen LogP contribution in [0.5, 0.6) is 0 Å². The van der Waals surface area contributed by atoms with Crippen molar-refractivity contribution in [1.82, 2.24) is 4.98 Å². The van der Waals surface area contributed by atoms with Gasteiger partial charge in [-0.25, -0.2) is 4.98 Å². The van der Waals surface area contributed by atoms with Crippen LogP contribution in [0.4, 0.5) is 0 Å². The number of hydrogen-bond acceptors (Lipinski definition) is 5. The van der Waals surface area contributed by atoms with Crippen molar-refractivity contribution in [2.45, 2.75) is 12.8 Å². The summed E-state index contributed by atoms with van der Waals surface area (Å²) >= 11 is 2.76. The molecular weight excluding hydrogens is 240 g/mol. The fraction of sp³-hybridized carbons (Fsp3) is 0.182. The van der Waals surface area contributed by atoms with E-state index in [1.807, 2.05) is 24.4 Å². The first-order chi connectivity index (χ1) is 7.72. The largest absolute Gasteiger partial charge is 0.291 e. The van der Waals surface area contributed by atoms with Crippen molar-refractivity contribution in [3.05, 3.63) is 38.5 Å². The number of Topliss-reactive ketones (excluding diaryl/α,β-unsaturated/α-hetero) is 1. The number of thiophene rings is 1. The number of nitriles is 1. The summed E-state index contributed by atoms with van der Waals surface area (Å²) in [6, 6.07) is 5.70. The number of hydrogen-bond donors (Lipinski definition) is 0. The molecule has 0 N–H and O–H groups in total. The Kier molecular flexibility index (Phi) is 3.13. The molecule has 2 rings (SSSR count). The molecule has 1 unspecified atom stereocenters. The van der Waals surface area contributed by atoms with Gasteiger partial charge in [0.25, 0.3) is 0 Å². The number of thiazole rings is 1. The summed E-state index contributed by atoms with van der Waals surface area (Å²) in [6.45, 7) is 1.84. The van der Waals surface area contributed by atoms with E-state index < -0.39 is 5.92 Å². The summed E-state index contributed by atoms with van der Waals surface area (Å²) in [5.74, 6) is -0.851. The molecule has 0 saturated carbocycles. The number of rotatable bonds is 3. The van der Waals surface area contributed by atoms with Crippen LogP contribution in [0.3, 0.4) is 0 Å². The highest BCUT2D eigenvalue weighted by atomic mass is 32.1. The summed E-state index contributed by atoms with van der Waals surface area (Å²) in [5, 5.41) is 11.8. The lowest BCUT2D eigenvalue weighted by molar-refractivity contribution is 0.0983. The van der Waals surface area contributed by atoms with E-state index in [-0.39, 0.29) is 5.78 Å². The molecular formula is C11H8N2OS2. The molecule has 5 heteroatoms. The van der Waals surface area contributed by atoms with Gasteiger partial charge < -0.3 is 0 Å². The molecule has 2 heterocycles. The van der Waals surface area contributed by atoms with Crippen molar-refractivity contribution >= 4 is 28.5 Å². The molecule has 0 bridgehead atoms. The molecule has 1 atom stereocenters. The number of aromatic nitrogens is 1. The van der Waals surface area contributed by atoms with E-state index in [2.05, 4.69) is 11.1 Å². The van der Waals surface area contributed by atoms with E-state index in [1.165, 1.54) is 22.7 Å². The Morgan fingerprint density at radius 2 is 2.44 bits per heavy atom. The van der Waals surface area contributed by atoms with Crippen LogP contribution in [0.2, 0.25) is 0 Å². The van der Waals surface area contributed by atoms with E-state index in [0.717, 1.165) is 9.88 Å². The monoisotopic (exact) mass is 248 g/mol. The van der Waals surface area contributed by atoms with Gasteiger partial charge in [-0.15, -0.1) is 22.7 Å². The Morgan fingerprint density at radius 3 is 2.94 bits per heavy atom. The molecule has 3 nitrogen and oxygen atoms in total. The maximum absolute atomic E-state index is 12.0. The van der Waals surface area contributed by atoms with Gasteiger partial charge in [0.15, 0.2) is 5.78 Å². The van der Waals surface area contributed by atoms with Crippen LogP contribution in [0.1, 0.15) is 25.5 Å². The molecule has 16 heavy (non-hydrogen) atoms. The summed E-state index contributed by atoms with van der Waals surface area (Å²) in [4.78, 5) is 17.4. The summed E-state index contributed by atoms with van der Waals surface area (Å²) in [6.07, 6.45) is 1.54. The van der Waals surface area contributed by atoms with Gasteiger partial charge in [0.2, 0.25) is 0 Å². The molecule has 80 valence electrons. The Hall–Kier alpha value is -1.51. The fourth-order valence-corrected chi connectivity index (χ4v) is 2.84. The minimum Gasteiger partial charge on any atom is -0.291 e. The number of aryl methyl sites for hydroxylation is 1. The maximum atomic E-state index is 12.0. The molecule has 0 saturated heterocycles. The molecule has 0 aliphatic carbocycles. The molecule has 0 radical (unpaired) electrons. The quantitative estimate of drug-likeness (QED) is 0.784. The Balaban J connectivity index is 2.31. The first-order valence-corrected chi connectivity index (χ1v) is 6.31. The third-order valence-corrected chi connectivity index (χ3v) is 3.95. The van der Waals surface area contributed by atoms with Crippen molar-refractivity contribution < 1.29 is 4.79 Å². The summed E-state index contributed by atoms with van der Waals surface area (Å²) in [7, 11) is 0. The smallest absolute Gasteiger partial charge is 0.196 e. The number of carbonyl (C=O) groups excluding carboxylic acids is 1. The predicted octanol–water partition coefficient (Wildman–Crippen LogP) is 3.00.